The molecular weight excluding hydrogens is 396 g/mol. The van der Waals surface area contributed by atoms with Gasteiger partial charge in [0.05, 0.1) is 23.0 Å². The number of hydrogen-bond donors (Lipinski definition) is 1. The number of sulfonamides is 1. The first kappa shape index (κ1) is 19.0. The fourth-order valence-corrected chi connectivity index (χ4v) is 5.76. The molecule has 6 heteroatoms. The van der Waals surface area contributed by atoms with Crippen LogP contribution >= 0.6 is 0 Å². The van der Waals surface area contributed by atoms with Gasteiger partial charge in [0.2, 0.25) is 15.9 Å². The highest BCUT2D eigenvalue weighted by Gasteiger charge is 2.34. The summed E-state index contributed by atoms with van der Waals surface area (Å²) in [6, 6.07) is 22.0. The number of benzene rings is 3. The quantitative estimate of drug-likeness (QED) is 0.689. The van der Waals surface area contributed by atoms with Crippen LogP contribution in [0.2, 0.25) is 0 Å². The molecule has 5 rings (SSSR count). The molecule has 0 saturated heterocycles. The predicted molar refractivity (Wildman–Crippen MR) is 116 cm³/mol. The summed E-state index contributed by atoms with van der Waals surface area (Å²) in [6.07, 6.45) is 1.91. The van der Waals surface area contributed by atoms with Gasteiger partial charge in [-0.1, -0.05) is 60.7 Å². The van der Waals surface area contributed by atoms with Crippen LogP contribution in [0.4, 0.5) is 5.69 Å². The van der Waals surface area contributed by atoms with E-state index in [4.69, 9.17) is 0 Å². The summed E-state index contributed by atoms with van der Waals surface area (Å²) >= 11 is 0. The van der Waals surface area contributed by atoms with Crippen molar-refractivity contribution in [1.29, 1.82) is 0 Å². The SMILES string of the molecule is O=C1Cc2cc(S(=O)(=O)NC(c3ccccc3)c3ccccc3)cc3c2N1CCC3. The first-order valence-electron chi connectivity index (χ1n) is 10.1. The fraction of sp³-hybridized carbons (Fsp3) is 0.208. The highest BCUT2D eigenvalue weighted by Crippen LogP contribution is 2.38. The number of aryl methyl sites for hydroxylation is 1. The molecule has 152 valence electrons. The molecule has 0 fully saturated rings. The molecule has 2 aliphatic heterocycles. The van der Waals surface area contributed by atoms with Crippen molar-refractivity contribution >= 4 is 21.6 Å². The fourth-order valence-electron chi connectivity index (χ4n) is 4.45. The molecule has 3 aromatic rings. The Morgan fingerprint density at radius 3 is 2.10 bits per heavy atom. The molecule has 0 radical (unpaired) electrons. The molecule has 0 spiro atoms. The van der Waals surface area contributed by atoms with Gasteiger partial charge in [0.15, 0.2) is 0 Å². The van der Waals surface area contributed by atoms with E-state index in [9.17, 15) is 13.2 Å². The minimum Gasteiger partial charge on any atom is -0.312 e. The van der Waals surface area contributed by atoms with Gasteiger partial charge in [0.1, 0.15) is 0 Å². The number of anilines is 1. The van der Waals surface area contributed by atoms with Crippen LogP contribution in [-0.4, -0.2) is 20.9 Å². The van der Waals surface area contributed by atoms with Gasteiger partial charge in [-0.05, 0) is 47.2 Å². The molecule has 1 N–H and O–H groups in total. The lowest BCUT2D eigenvalue weighted by molar-refractivity contribution is -0.117. The second-order valence-electron chi connectivity index (χ2n) is 7.79. The van der Waals surface area contributed by atoms with E-state index >= 15 is 0 Å². The van der Waals surface area contributed by atoms with E-state index in [1.165, 1.54) is 0 Å². The van der Waals surface area contributed by atoms with Crippen molar-refractivity contribution in [3.8, 4) is 0 Å². The monoisotopic (exact) mass is 418 g/mol. The van der Waals surface area contributed by atoms with Crippen molar-refractivity contribution in [2.45, 2.75) is 30.2 Å². The maximum absolute atomic E-state index is 13.4. The van der Waals surface area contributed by atoms with Gasteiger partial charge >= 0.3 is 0 Å². The number of carbonyl (C=O) groups excluding carboxylic acids is 1. The number of rotatable bonds is 5. The Labute approximate surface area is 176 Å². The minimum absolute atomic E-state index is 0.0555. The van der Waals surface area contributed by atoms with Crippen LogP contribution in [0.3, 0.4) is 0 Å². The summed E-state index contributed by atoms with van der Waals surface area (Å²) in [5.74, 6) is 0.0555. The molecule has 3 aromatic carbocycles. The van der Waals surface area contributed by atoms with E-state index < -0.39 is 16.1 Å². The first-order valence-corrected chi connectivity index (χ1v) is 11.6. The largest absolute Gasteiger partial charge is 0.312 e. The molecule has 0 aliphatic carbocycles. The van der Waals surface area contributed by atoms with Crippen LogP contribution in [0.5, 0.6) is 0 Å². The molecule has 2 aliphatic rings. The Morgan fingerprint density at radius 2 is 1.47 bits per heavy atom. The standard InChI is InChI=1S/C24H22N2O3S/c27-22-16-20-15-21(14-19-12-7-13-26(22)24(19)20)30(28,29)25-23(17-8-3-1-4-9-17)18-10-5-2-6-11-18/h1-6,8-11,14-15,23,25H,7,12-13,16H2. The van der Waals surface area contributed by atoms with Crippen LogP contribution in [0.15, 0.2) is 77.7 Å². The predicted octanol–water partition coefficient (Wildman–Crippen LogP) is 3.59. The molecule has 2 heterocycles. The van der Waals surface area contributed by atoms with E-state index in [0.717, 1.165) is 40.8 Å². The van der Waals surface area contributed by atoms with E-state index in [0.29, 0.717) is 6.54 Å². The zero-order valence-electron chi connectivity index (χ0n) is 16.4. The molecule has 0 bridgehead atoms. The molecule has 0 aromatic heterocycles. The normalized spacial score (nSPS) is 15.5. The van der Waals surface area contributed by atoms with Crippen LogP contribution in [-0.2, 0) is 27.7 Å². The Hall–Kier alpha value is -2.96. The first-order chi connectivity index (χ1) is 14.5. The highest BCUT2D eigenvalue weighted by atomic mass is 32.2. The van der Waals surface area contributed by atoms with Crippen molar-refractivity contribution in [2.24, 2.45) is 0 Å². The summed E-state index contributed by atoms with van der Waals surface area (Å²) in [5, 5.41) is 0. The third-order valence-electron chi connectivity index (χ3n) is 5.83. The van der Waals surface area contributed by atoms with Gasteiger partial charge in [0.25, 0.3) is 0 Å². The zero-order valence-corrected chi connectivity index (χ0v) is 17.2. The minimum atomic E-state index is -3.80. The van der Waals surface area contributed by atoms with Crippen LogP contribution in [0.1, 0.15) is 34.7 Å². The van der Waals surface area contributed by atoms with Gasteiger partial charge in [-0.15, -0.1) is 0 Å². The number of carbonyl (C=O) groups is 1. The van der Waals surface area contributed by atoms with Crippen LogP contribution in [0.25, 0.3) is 0 Å². The average molecular weight is 419 g/mol. The molecule has 0 saturated carbocycles. The highest BCUT2D eigenvalue weighted by molar-refractivity contribution is 7.89. The lowest BCUT2D eigenvalue weighted by atomic mass is 10.00. The van der Waals surface area contributed by atoms with Gasteiger partial charge in [-0.3, -0.25) is 4.79 Å². The summed E-state index contributed by atoms with van der Waals surface area (Å²) in [7, 11) is -3.80. The van der Waals surface area contributed by atoms with E-state index in [-0.39, 0.29) is 17.2 Å². The smallest absolute Gasteiger partial charge is 0.241 e. The van der Waals surface area contributed by atoms with Crippen molar-refractivity contribution in [1.82, 2.24) is 4.72 Å². The molecule has 0 atom stereocenters. The number of nitrogens with zero attached hydrogens (tertiary/aromatic N) is 1. The molecule has 0 unspecified atom stereocenters. The Kier molecular flexibility index (Phi) is 4.68. The topological polar surface area (TPSA) is 66.5 Å². The summed E-state index contributed by atoms with van der Waals surface area (Å²) in [4.78, 5) is 14.3. The molecular formula is C24H22N2O3S. The van der Waals surface area contributed by atoms with Crippen molar-refractivity contribution in [3.63, 3.8) is 0 Å². The van der Waals surface area contributed by atoms with E-state index in [1.54, 1.807) is 17.0 Å². The Balaban J connectivity index is 1.55. The van der Waals surface area contributed by atoms with Crippen LogP contribution in [0, 0.1) is 0 Å². The van der Waals surface area contributed by atoms with Gasteiger partial charge < -0.3 is 4.90 Å². The second-order valence-corrected chi connectivity index (χ2v) is 9.51. The zero-order chi connectivity index (χ0) is 20.7. The molecule has 5 nitrogen and oxygen atoms in total. The maximum Gasteiger partial charge on any atom is 0.241 e. The Morgan fingerprint density at radius 1 is 0.867 bits per heavy atom. The van der Waals surface area contributed by atoms with Gasteiger partial charge in [-0.2, -0.15) is 4.72 Å². The Bertz CT molecular complexity index is 1170. The third kappa shape index (κ3) is 3.32. The summed E-state index contributed by atoms with van der Waals surface area (Å²) < 4.78 is 29.8. The molecule has 30 heavy (non-hydrogen) atoms. The van der Waals surface area contributed by atoms with Crippen LogP contribution < -0.4 is 9.62 Å². The third-order valence-corrected chi connectivity index (χ3v) is 7.23. The second kappa shape index (κ2) is 7.38. The number of amides is 1. The summed E-state index contributed by atoms with van der Waals surface area (Å²) in [6.45, 7) is 0.716. The average Bonchev–Trinajstić information content (AvgIpc) is 3.10. The number of hydrogen-bond acceptors (Lipinski definition) is 3. The molecule has 1 amide bonds. The van der Waals surface area contributed by atoms with Crippen molar-refractivity contribution in [2.75, 3.05) is 11.4 Å². The lowest BCUT2D eigenvalue weighted by Crippen LogP contribution is -2.32. The maximum atomic E-state index is 13.4. The summed E-state index contributed by atoms with van der Waals surface area (Å²) in [5.41, 5.74) is 4.43. The number of nitrogens with one attached hydrogen (secondary N) is 1. The lowest BCUT2D eigenvalue weighted by Gasteiger charge is -2.26. The van der Waals surface area contributed by atoms with Crippen molar-refractivity contribution in [3.05, 3.63) is 95.1 Å². The van der Waals surface area contributed by atoms with E-state index in [2.05, 4.69) is 4.72 Å². The van der Waals surface area contributed by atoms with E-state index in [1.807, 2.05) is 60.7 Å². The van der Waals surface area contributed by atoms with Gasteiger partial charge in [-0.25, -0.2) is 8.42 Å². The van der Waals surface area contributed by atoms with Gasteiger partial charge in [0, 0.05) is 6.54 Å². The van der Waals surface area contributed by atoms with Crippen molar-refractivity contribution < 1.29 is 13.2 Å².